The predicted octanol–water partition coefficient (Wildman–Crippen LogP) is 7.51. The van der Waals surface area contributed by atoms with Crippen molar-refractivity contribution >= 4 is 23.5 Å². The summed E-state index contributed by atoms with van der Waals surface area (Å²) >= 11 is 0. The summed E-state index contributed by atoms with van der Waals surface area (Å²) in [5.74, 6) is 1.15. The second-order valence-corrected chi connectivity index (χ2v) is 9.53. The molecule has 0 saturated carbocycles. The van der Waals surface area contributed by atoms with E-state index in [0.717, 1.165) is 0 Å². The van der Waals surface area contributed by atoms with Gasteiger partial charge in [0.2, 0.25) is 5.88 Å². The molecular weight excluding hydrogens is 562 g/mol. The maximum absolute atomic E-state index is 12.5. The third kappa shape index (κ3) is 7.59. The van der Waals surface area contributed by atoms with E-state index in [4.69, 9.17) is 18.9 Å². The number of carbonyl (C=O) groups is 4. The van der Waals surface area contributed by atoms with E-state index in [1.165, 1.54) is 20.0 Å². The molecule has 44 heavy (non-hydrogen) atoms. The molecular formula is C35H25NO8. The average molecular weight is 588 g/mol. The molecule has 0 N–H and O–H groups in total. The van der Waals surface area contributed by atoms with Gasteiger partial charge in [0.1, 0.15) is 28.7 Å². The van der Waals surface area contributed by atoms with Crippen LogP contribution in [0.2, 0.25) is 0 Å². The Balaban J connectivity index is 1.12. The number of ketones is 2. The van der Waals surface area contributed by atoms with Gasteiger partial charge in [-0.1, -0.05) is 0 Å². The van der Waals surface area contributed by atoms with Crippen molar-refractivity contribution in [3.8, 4) is 34.6 Å². The molecule has 1 heterocycles. The molecule has 218 valence electrons. The number of esters is 2. The largest absolute Gasteiger partial charge is 0.456 e. The molecule has 0 unspecified atom stereocenters. The van der Waals surface area contributed by atoms with E-state index in [2.05, 4.69) is 4.98 Å². The zero-order valence-corrected chi connectivity index (χ0v) is 23.7. The highest BCUT2D eigenvalue weighted by Crippen LogP contribution is 2.26. The first-order valence-electron chi connectivity index (χ1n) is 13.4. The van der Waals surface area contributed by atoms with Crippen LogP contribution in [0.15, 0.2) is 115 Å². The summed E-state index contributed by atoms with van der Waals surface area (Å²) < 4.78 is 22.3. The lowest BCUT2D eigenvalue weighted by Gasteiger charge is -2.09. The lowest BCUT2D eigenvalue weighted by atomic mass is 10.1. The minimum Gasteiger partial charge on any atom is -0.456 e. The first kappa shape index (κ1) is 29.4. The number of carbonyl (C=O) groups excluding carboxylic acids is 4. The molecule has 5 rings (SSSR count). The van der Waals surface area contributed by atoms with E-state index in [1.807, 2.05) is 0 Å². The van der Waals surface area contributed by atoms with Crippen LogP contribution in [-0.4, -0.2) is 28.5 Å². The molecule has 0 saturated heterocycles. The number of pyridine rings is 1. The lowest BCUT2D eigenvalue weighted by Crippen LogP contribution is -2.08. The van der Waals surface area contributed by atoms with Crippen molar-refractivity contribution in [2.45, 2.75) is 13.8 Å². The molecule has 1 aromatic heterocycles. The van der Waals surface area contributed by atoms with Crippen LogP contribution < -0.4 is 18.9 Å². The third-order valence-corrected chi connectivity index (χ3v) is 6.29. The highest BCUT2D eigenvalue weighted by atomic mass is 16.5. The molecule has 0 spiro atoms. The van der Waals surface area contributed by atoms with Gasteiger partial charge >= 0.3 is 11.9 Å². The van der Waals surface area contributed by atoms with Crippen LogP contribution in [0.5, 0.6) is 34.6 Å². The Hall–Kier alpha value is -6.09. The molecule has 9 heteroatoms. The van der Waals surface area contributed by atoms with Gasteiger partial charge in [0.25, 0.3) is 0 Å². The number of Topliss-reactive ketones (excluding diaryl/α,β-unsaturated/α-hetero) is 2. The molecule has 9 nitrogen and oxygen atoms in total. The molecule has 0 amide bonds. The topological polar surface area (TPSA) is 118 Å². The molecule has 0 atom stereocenters. The van der Waals surface area contributed by atoms with Crippen LogP contribution in [0, 0.1) is 0 Å². The standard InChI is InChI=1S/C35H25NO8/c1-22(37)24-3-11-30(12-4-24)43-34(39)26-7-15-28(16-8-26)41-32-19-20-33(36-21-32)42-29-17-9-27(10-18-29)35(40)44-31-13-5-25(6-14-31)23(2)38/h3-21H,1-2H3. The average Bonchev–Trinajstić information content (AvgIpc) is 3.03. The van der Waals surface area contributed by atoms with E-state index < -0.39 is 11.9 Å². The first-order chi connectivity index (χ1) is 21.2. The van der Waals surface area contributed by atoms with Crippen molar-refractivity contribution in [1.29, 1.82) is 0 Å². The fraction of sp³-hybridized carbons (Fsp3) is 0.0571. The molecule has 4 aromatic carbocycles. The Kier molecular flexibility index (Phi) is 8.86. The highest BCUT2D eigenvalue weighted by Gasteiger charge is 2.12. The van der Waals surface area contributed by atoms with Crippen LogP contribution in [0.1, 0.15) is 55.3 Å². The fourth-order valence-electron chi connectivity index (χ4n) is 3.91. The van der Waals surface area contributed by atoms with Crippen molar-refractivity contribution < 1.29 is 38.1 Å². The molecule has 5 aromatic rings. The van der Waals surface area contributed by atoms with Gasteiger partial charge in [0, 0.05) is 17.2 Å². The van der Waals surface area contributed by atoms with Gasteiger partial charge in [0.15, 0.2) is 11.6 Å². The molecule has 0 fully saturated rings. The second-order valence-electron chi connectivity index (χ2n) is 9.53. The lowest BCUT2D eigenvalue weighted by molar-refractivity contribution is 0.0725. The van der Waals surface area contributed by atoms with E-state index in [9.17, 15) is 19.2 Å². The van der Waals surface area contributed by atoms with Crippen molar-refractivity contribution in [3.63, 3.8) is 0 Å². The Morgan fingerprint density at radius 1 is 0.432 bits per heavy atom. The number of rotatable bonds is 10. The van der Waals surface area contributed by atoms with E-state index in [0.29, 0.717) is 56.9 Å². The minimum absolute atomic E-state index is 0.0706. The van der Waals surface area contributed by atoms with Crippen LogP contribution in [0.25, 0.3) is 0 Å². The molecule has 0 radical (unpaired) electrons. The van der Waals surface area contributed by atoms with Gasteiger partial charge in [-0.2, -0.15) is 0 Å². The Morgan fingerprint density at radius 2 is 0.795 bits per heavy atom. The number of hydrogen-bond donors (Lipinski definition) is 0. The van der Waals surface area contributed by atoms with Crippen LogP contribution in [-0.2, 0) is 0 Å². The van der Waals surface area contributed by atoms with Crippen molar-refractivity contribution in [1.82, 2.24) is 4.98 Å². The summed E-state index contributed by atoms with van der Waals surface area (Å²) in [4.78, 5) is 52.0. The van der Waals surface area contributed by atoms with Gasteiger partial charge in [-0.05, 0) is 117 Å². The van der Waals surface area contributed by atoms with E-state index >= 15 is 0 Å². The van der Waals surface area contributed by atoms with E-state index in [1.54, 1.807) is 109 Å². The maximum atomic E-state index is 12.5. The molecule has 0 aliphatic carbocycles. The number of benzene rings is 4. The van der Waals surface area contributed by atoms with Gasteiger partial charge in [0.05, 0.1) is 17.3 Å². The van der Waals surface area contributed by atoms with Crippen molar-refractivity contribution in [3.05, 3.63) is 138 Å². The summed E-state index contributed by atoms with van der Waals surface area (Å²) in [6.07, 6.45) is 1.49. The zero-order valence-electron chi connectivity index (χ0n) is 23.7. The quantitative estimate of drug-likeness (QED) is 0.0929. The van der Waals surface area contributed by atoms with Crippen LogP contribution in [0.4, 0.5) is 0 Å². The SMILES string of the molecule is CC(=O)c1ccc(OC(=O)c2ccc(Oc3ccc(Oc4ccc(C(=O)Oc5ccc(C(C)=O)cc5)cc4)nc3)cc2)cc1. The van der Waals surface area contributed by atoms with E-state index in [-0.39, 0.29) is 11.6 Å². The monoisotopic (exact) mass is 587 g/mol. The predicted molar refractivity (Wildman–Crippen MR) is 160 cm³/mol. The Bertz CT molecular complexity index is 1660. The molecule has 0 aliphatic heterocycles. The van der Waals surface area contributed by atoms with Crippen LogP contribution in [0.3, 0.4) is 0 Å². The number of aromatic nitrogens is 1. The van der Waals surface area contributed by atoms with Crippen LogP contribution >= 0.6 is 0 Å². The summed E-state index contributed by atoms with van der Waals surface area (Å²) in [5.41, 5.74) is 1.72. The molecule has 0 bridgehead atoms. The summed E-state index contributed by atoms with van der Waals surface area (Å²) in [6, 6.07) is 28.8. The smallest absolute Gasteiger partial charge is 0.343 e. The summed E-state index contributed by atoms with van der Waals surface area (Å²) in [7, 11) is 0. The van der Waals surface area contributed by atoms with Gasteiger partial charge in [-0.15, -0.1) is 0 Å². The highest BCUT2D eigenvalue weighted by molar-refractivity contribution is 5.95. The molecule has 0 aliphatic rings. The number of hydrogen-bond acceptors (Lipinski definition) is 9. The summed E-state index contributed by atoms with van der Waals surface area (Å²) in [6.45, 7) is 2.93. The third-order valence-electron chi connectivity index (χ3n) is 6.29. The van der Waals surface area contributed by atoms with Crippen molar-refractivity contribution in [2.24, 2.45) is 0 Å². The maximum Gasteiger partial charge on any atom is 0.343 e. The number of ether oxygens (including phenoxy) is 4. The van der Waals surface area contributed by atoms with Crippen molar-refractivity contribution in [2.75, 3.05) is 0 Å². The van der Waals surface area contributed by atoms with Gasteiger partial charge in [-0.25, -0.2) is 14.6 Å². The Morgan fingerprint density at radius 3 is 1.18 bits per heavy atom. The normalized spacial score (nSPS) is 10.4. The first-order valence-corrected chi connectivity index (χ1v) is 13.4. The number of nitrogens with zero attached hydrogens (tertiary/aromatic N) is 1. The summed E-state index contributed by atoms with van der Waals surface area (Å²) in [5, 5.41) is 0. The second kappa shape index (κ2) is 13.3. The fourth-order valence-corrected chi connectivity index (χ4v) is 3.91. The van der Waals surface area contributed by atoms with Gasteiger partial charge < -0.3 is 18.9 Å². The van der Waals surface area contributed by atoms with Gasteiger partial charge in [-0.3, -0.25) is 9.59 Å². The minimum atomic E-state index is -0.544. The zero-order chi connectivity index (χ0) is 31.1. The Labute approximate surface area is 252 Å².